The monoisotopic (exact) mass is 586 g/mol. The molecule has 1 N–H and O–H groups in total. The molecule has 0 amide bonds. The van der Waals surface area contributed by atoms with Crippen LogP contribution in [0.15, 0.2) is 80.7 Å². The molecule has 0 aromatic heterocycles. The van der Waals surface area contributed by atoms with Crippen LogP contribution < -0.4 is 3.30 Å². The average molecular weight is 585 g/mol. The second-order valence-electron chi connectivity index (χ2n) is 8.82. The molecule has 0 heterocycles. The van der Waals surface area contributed by atoms with Gasteiger partial charge in [0.25, 0.3) is 0 Å². The summed E-state index contributed by atoms with van der Waals surface area (Å²) in [5, 5.41) is 0. The predicted octanol–water partition coefficient (Wildman–Crippen LogP) is 7.50. The topological polar surface area (TPSA) is 12.0 Å². The van der Waals surface area contributed by atoms with Gasteiger partial charge >= 0.3 is 123 Å². The Hall–Kier alpha value is -1.03. The van der Waals surface area contributed by atoms with Crippen molar-refractivity contribution in [1.29, 1.82) is 0 Å². The van der Waals surface area contributed by atoms with Crippen molar-refractivity contribution in [2.45, 2.75) is 67.1 Å². The molecule has 2 atom stereocenters. The van der Waals surface area contributed by atoms with Crippen LogP contribution in [0.5, 0.6) is 0 Å². The van der Waals surface area contributed by atoms with Gasteiger partial charge in [-0.15, -0.1) is 0 Å². The minimum atomic E-state index is -1.73. The van der Waals surface area contributed by atoms with E-state index in [2.05, 4.69) is 106 Å². The summed E-state index contributed by atoms with van der Waals surface area (Å²) >= 11 is -1.73. The zero-order valence-electron chi connectivity index (χ0n) is 20.2. The minimum Gasteiger partial charge on any atom is -0.0622 e. The van der Waals surface area contributed by atoms with Crippen LogP contribution in [0.2, 0.25) is 13.1 Å². The van der Waals surface area contributed by atoms with Gasteiger partial charge in [0.1, 0.15) is 0 Å². The summed E-state index contributed by atoms with van der Waals surface area (Å²) in [6.07, 6.45) is 1.27. The first-order valence-electron chi connectivity index (χ1n) is 11.4. The van der Waals surface area contributed by atoms with Crippen molar-refractivity contribution in [2.24, 2.45) is 5.92 Å². The van der Waals surface area contributed by atoms with Crippen LogP contribution in [-0.2, 0) is 20.9 Å². The zero-order valence-corrected chi connectivity index (χ0v) is 25.0. The Morgan fingerprint density at radius 3 is 1.67 bits per heavy atom. The van der Waals surface area contributed by atoms with E-state index < -0.39 is 26.9 Å². The molecule has 0 bridgehead atoms. The van der Waals surface area contributed by atoms with Crippen molar-refractivity contribution >= 4 is 5.98 Å². The van der Waals surface area contributed by atoms with E-state index in [9.17, 15) is 0 Å². The molecule has 1 aliphatic carbocycles. The van der Waals surface area contributed by atoms with Crippen molar-refractivity contribution in [1.82, 2.24) is 3.30 Å². The third-order valence-corrected chi connectivity index (χ3v) is 31.8. The van der Waals surface area contributed by atoms with E-state index in [1.807, 2.05) is 15.5 Å². The molecule has 2 unspecified atom stereocenters. The fourth-order valence-corrected chi connectivity index (χ4v) is 29.2. The zero-order chi connectivity index (χ0) is 22.3. The second-order valence-corrected chi connectivity index (χ2v) is 34.2. The Kier molecular flexibility index (Phi) is 10.2. The van der Waals surface area contributed by atoms with E-state index >= 15 is 0 Å². The summed E-state index contributed by atoms with van der Waals surface area (Å²) in [5.74, 6) is 0.212. The maximum atomic E-state index is 4.10. The summed E-state index contributed by atoms with van der Waals surface area (Å²) in [6.45, 7) is 19.3. The van der Waals surface area contributed by atoms with Gasteiger partial charge in [0, 0.05) is 0 Å². The molecular formula is C27H40HfNSi. The smallest absolute Gasteiger partial charge is 0.0184 e. The average Bonchev–Trinajstić information content (AvgIpc) is 2.96. The van der Waals surface area contributed by atoms with E-state index in [1.54, 1.807) is 16.7 Å². The number of rotatable bonds is 6. The number of hydrogen-bond acceptors (Lipinski definition) is 1. The summed E-state index contributed by atoms with van der Waals surface area (Å²) in [4.78, 5) is 0. The quantitative estimate of drug-likeness (QED) is 0.347. The first-order valence-corrected chi connectivity index (χ1v) is 24.1. The summed E-state index contributed by atoms with van der Waals surface area (Å²) in [5.41, 5.74) is 7.42. The predicted molar refractivity (Wildman–Crippen MR) is 134 cm³/mol. The Morgan fingerprint density at radius 2 is 1.33 bits per heavy atom. The van der Waals surface area contributed by atoms with Crippen LogP contribution in [-0.4, -0.2) is 12.0 Å². The van der Waals surface area contributed by atoms with Crippen molar-refractivity contribution in [3.8, 4) is 11.1 Å². The molecule has 2 aromatic carbocycles. The van der Waals surface area contributed by atoms with E-state index in [0.717, 1.165) is 12.0 Å². The van der Waals surface area contributed by atoms with E-state index in [4.69, 9.17) is 0 Å². The maximum absolute atomic E-state index is 4.10. The summed E-state index contributed by atoms with van der Waals surface area (Å²) < 4.78 is 6.00. The number of hydrogen-bond donors (Lipinski definition) is 1. The van der Waals surface area contributed by atoms with Crippen LogP contribution in [0.1, 0.15) is 48.0 Å². The molecule has 0 aliphatic heterocycles. The molecule has 30 heavy (non-hydrogen) atoms. The number of allylic oxidation sites excluding steroid dienone is 4. The third kappa shape index (κ3) is 6.48. The van der Waals surface area contributed by atoms with Gasteiger partial charge in [0.05, 0.1) is 0 Å². The Labute approximate surface area is 194 Å². The van der Waals surface area contributed by atoms with E-state index in [0.29, 0.717) is 0 Å². The van der Waals surface area contributed by atoms with Gasteiger partial charge < -0.3 is 0 Å². The van der Waals surface area contributed by atoms with Crippen molar-refractivity contribution in [3.63, 3.8) is 0 Å². The molecule has 1 aliphatic rings. The molecule has 3 rings (SSSR count). The molecule has 3 heteroatoms. The SMILES string of the molecule is CCC(C)[NH][Hf]([C]1=C(C)C(C)=C(C)C1C)[SiH](C)C.c1ccc(-c2ccccc2)cc1. The Balaban J connectivity index is 0.000000230. The Bertz CT molecular complexity index is 817. The molecule has 161 valence electrons. The van der Waals surface area contributed by atoms with Crippen LogP contribution in [0.4, 0.5) is 0 Å². The van der Waals surface area contributed by atoms with Gasteiger partial charge in [-0.05, 0) is 11.1 Å². The van der Waals surface area contributed by atoms with Gasteiger partial charge in [-0.25, -0.2) is 0 Å². The molecule has 0 radical (unpaired) electrons. The van der Waals surface area contributed by atoms with Gasteiger partial charge in [0.15, 0.2) is 0 Å². The molecular weight excluding hydrogens is 545 g/mol. The standard InChI is InChI=1S/C12H10.C9H13.C4H10N.C2H7Si.Hf/c1-3-7-11(8-4-1)12-9-5-2-6-10-12;1-6-5-7(2)9(4)8(6)3;1-3-4(2)5;1-3-2;/h1-10H;6H,1-4H3;4-5H,3H2,1-2H3;3H,1-2H3;/q;;-1;;+1. The van der Waals surface area contributed by atoms with Crippen molar-refractivity contribution < 1.29 is 20.9 Å². The van der Waals surface area contributed by atoms with Gasteiger partial charge in [-0.3, -0.25) is 0 Å². The van der Waals surface area contributed by atoms with Crippen LogP contribution >= 0.6 is 0 Å². The maximum Gasteiger partial charge on any atom is -0.0184 e. The molecule has 2 aromatic rings. The van der Waals surface area contributed by atoms with Crippen LogP contribution in [0.3, 0.4) is 0 Å². The summed E-state index contributed by atoms with van der Waals surface area (Å²) in [7, 11) is 0. The van der Waals surface area contributed by atoms with E-state index in [-0.39, 0.29) is 0 Å². The van der Waals surface area contributed by atoms with Crippen molar-refractivity contribution in [2.75, 3.05) is 0 Å². The molecule has 1 nitrogen and oxygen atoms in total. The number of benzene rings is 2. The first kappa shape index (κ1) is 25.2. The largest absolute Gasteiger partial charge is 0.0622 e. The molecule has 0 saturated carbocycles. The van der Waals surface area contributed by atoms with E-state index in [1.165, 1.54) is 17.5 Å². The fraction of sp³-hybridized carbons (Fsp3) is 0.407. The fourth-order valence-electron chi connectivity index (χ4n) is 3.98. The van der Waals surface area contributed by atoms with Gasteiger partial charge in [-0.1, -0.05) is 60.7 Å². The first-order chi connectivity index (χ1) is 14.3. The Morgan fingerprint density at radius 1 is 0.867 bits per heavy atom. The van der Waals surface area contributed by atoms with Gasteiger partial charge in [-0.2, -0.15) is 0 Å². The number of nitrogens with one attached hydrogen (secondary N) is 1. The van der Waals surface area contributed by atoms with Crippen LogP contribution in [0.25, 0.3) is 11.1 Å². The van der Waals surface area contributed by atoms with Crippen molar-refractivity contribution in [3.05, 3.63) is 80.7 Å². The molecule has 0 fully saturated rings. The third-order valence-electron chi connectivity index (χ3n) is 6.40. The van der Waals surface area contributed by atoms with Crippen LogP contribution in [0, 0.1) is 5.92 Å². The van der Waals surface area contributed by atoms with Gasteiger partial charge in [0.2, 0.25) is 0 Å². The molecule has 0 saturated heterocycles. The molecule has 0 spiro atoms. The normalized spacial score (nSPS) is 17.2. The minimum absolute atomic E-state index is 0.523. The second kappa shape index (κ2) is 12.1. The summed E-state index contributed by atoms with van der Waals surface area (Å²) in [6, 6.07) is 21.5.